The van der Waals surface area contributed by atoms with Crippen molar-refractivity contribution in [3.8, 4) is 0 Å². The molecule has 80 valence electrons. The summed E-state index contributed by atoms with van der Waals surface area (Å²) in [5.41, 5.74) is 2.20. The molecule has 2 nitrogen and oxygen atoms in total. The Balaban J connectivity index is 2.16. The second-order valence-corrected chi connectivity index (χ2v) is 4.73. The van der Waals surface area contributed by atoms with Crippen molar-refractivity contribution < 1.29 is 4.74 Å². The van der Waals surface area contributed by atoms with Gasteiger partial charge in [-0.1, -0.05) is 36.5 Å². The zero-order chi connectivity index (χ0) is 11.0. The van der Waals surface area contributed by atoms with Gasteiger partial charge in [0, 0.05) is 10.9 Å². The highest BCUT2D eigenvalue weighted by molar-refractivity contribution is 7.99. The first kappa shape index (κ1) is 9.73. The van der Waals surface area contributed by atoms with E-state index < -0.39 is 0 Å². The minimum Gasteiger partial charge on any atom is -0.493 e. The zero-order valence-electron chi connectivity index (χ0n) is 8.77. The summed E-state index contributed by atoms with van der Waals surface area (Å²) in [6.07, 6.45) is 0. The standard InChI is InChI=1S/C13H11NOS/c1-9-8-16-13-11(7-15-9)6-10-4-2-3-5-12(10)14-13/h2-6H,1,7-8H2. The summed E-state index contributed by atoms with van der Waals surface area (Å²) in [5.74, 6) is 1.62. The lowest BCUT2D eigenvalue weighted by atomic mass is 10.2. The Bertz CT molecular complexity index is 516. The van der Waals surface area contributed by atoms with Crippen molar-refractivity contribution in [2.24, 2.45) is 0 Å². The highest BCUT2D eigenvalue weighted by atomic mass is 32.2. The number of para-hydroxylation sites is 1. The Hall–Kier alpha value is -1.48. The summed E-state index contributed by atoms with van der Waals surface area (Å²) in [6, 6.07) is 10.3. The Morgan fingerprint density at radius 3 is 3.12 bits per heavy atom. The maximum absolute atomic E-state index is 5.52. The molecular formula is C13H11NOS. The molecule has 1 aromatic heterocycles. The molecule has 0 radical (unpaired) electrons. The third kappa shape index (κ3) is 1.67. The number of rotatable bonds is 0. The molecule has 0 spiro atoms. The van der Waals surface area contributed by atoms with E-state index in [1.165, 1.54) is 0 Å². The first-order valence-corrected chi connectivity index (χ1v) is 6.13. The molecule has 0 fully saturated rings. The van der Waals surface area contributed by atoms with E-state index >= 15 is 0 Å². The number of ether oxygens (including phenoxy) is 1. The predicted molar refractivity (Wildman–Crippen MR) is 66.4 cm³/mol. The van der Waals surface area contributed by atoms with Gasteiger partial charge in [-0.15, -0.1) is 0 Å². The molecule has 2 aromatic rings. The fraction of sp³-hybridized carbons (Fsp3) is 0.154. The van der Waals surface area contributed by atoms with Crippen LogP contribution in [-0.4, -0.2) is 10.7 Å². The molecule has 0 saturated carbocycles. The molecule has 0 saturated heterocycles. The maximum atomic E-state index is 5.52. The third-order valence-corrected chi connectivity index (χ3v) is 3.66. The largest absolute Gasteiger partial charge is 0.493 e. The molecule has 0 bridgehead atoms. The van der Waals surface area contributed by atoms with E-state index in [-0.39, 0.29) is 0 Å². The van der Waals surface area contributed by atoms with E-state index in [2.05, 4.69) is 23.7 Å². The second kappa shape index (κ2) is 3.83. The van der Waals surface area contributed by atoms with Crippen LogP contribution in [0.2, 0.25) is 0 Å². The third-order valence-electron chi connectivity index (χ3n) is 2.56. The number of nitrogens with zero attached hydrogens (tertiary/aromatic N) is 1. The molecule has 1 aliphatic heterocycles. The van der Waals surface area contributed by atoms with Crippen molar-refractivity contribution in [2.45, 2.75) is 11.6 Å². The molecule has 3 heteroatoms. The van der Waals surface area contributed by atoms with Gasteiger partial charge in [0.1, 0.15) is 11.6 Å². The lowest BCUT2D eigenvalue weighted by Crippen LogP contribution is -1.92. The molecule has 0 atom stereocenters. The number of hydrogen-bond donors (Lipinski definition) is 0. The summed E-state index contributed by atoms with van der Waals surface area (Å²) in [5, 5.41) is 2.23. The monoisotopic (exact) mass is 229 g/mol. The normalized spacial score (nSPS) is 15.4. The van der Waals surface area contributed by atoms with Gasteiger partial charge in [-0.25, -0.2) is 4.98 Å². The SMILES string of the molecule is C=C1CSc2nc3ccccc3cc2CO1. The number of benzene rings is 1. The number of hydrogen-bond acceptors (Lipinski definition) is 3. The number of fused-ring (bicyclic) bond motifs is 2. The van der Waals surface area contributed by atoms with Gasteiger partial charge in [0.15, 0.2) is 0 Å². The highest BCUT2D eigenvalue weighted by Crippen LogP contribution is 2.30. The molecular weight excluding hydrogens is 218 g/mol. The summed E-state index contributed by atoms with van der Waals surface area (Å²) in [7, 11) is 0. The zero-order valence-corrected chi connectivity index (χ0v) is 9.59. The average Bonchev–Trinajstić information content (AvgIpc) is 2.49. The molecule has 1 aromatic carbocycles. The fourth-order valence-electron chi connectivity index (χ4n) is 1.74. The Kier molecular flexibility index (Phi) is 2.33. The first-order chi connectivity index (χ1) is 7.83. The number of pyridine rings is 1. The second-order valence-electron chi connectivity index (χ2n) is 3.76. The first-order valence-electron chi connectivity index (χ1n) is 5.15. The van der Waals surface area contributed by atoms with Gasteiger partial charge < -0.3 is 4.74 Å². The van der Waals surface area contributed by atoms with E-state index in [1.807, 2.05) is 18.2 Å². The van der Waals surface area contributed by atoms with Crippen molar-refractivity contribution in [2.75, 3.05) is 5.75 Å². The van der Waals surface area contributed by atoms with Crippen LogP contribution in [0.3, 0.4) is 0 Å². The highest BCUT2D eigenvalue weighted by Gasteiger charge is 2.13. The quantitative estimate of drug-likeness (QED) is 0.691. The lowest BCUT2D eigenvalue weighted by molar-refractivity contribution is 0.203. The van der Waals surface area contributed by atoms with Crippen molar-refractivity contribution in [1.29, 1.82) is 0 Å². The summed E-state index contributed by atoms with van der Waals surface area (Å²) in [4.78, 5) is 4.65. The van der Waals surface area contributed by atoms with Crippen LogP contribution in [0.4, 0.5) is 0 Å². The van der Waals surface area contributed by atoms with E-state index in [4.69, 9.17) is 4.74 Å². The Morgan fingerprint density at radius 2 is 2.19 bits per heavy atom. The van der Waals surface area contributed by atoms with Crippen LogP contribution >= 0.6 is 11.8 Å². The number of aromatic nitrogens is 1. The van der Waals surface area contributed by atoms with Gasteiger partial charge in [0.05, 0.1) is 17.0 Å². The van der Waals surface area contributed by atoms with Crippen molar-refractivity contribution >= 4 is 22.7 Å². The molecule has 2 heterocycles. The van der Waals surface area contributed by atoms with Gasteiger partial charge in [0.25, 0.3) is 0 Å². The van der Waals surface area contributed by atoms with Gasteiger partial charge >= 0.3 is 0 Å². The van der Waals surface area contributed by atoms with E-state index in [1.54, 1.807) is 11.8 Å². The molecule has 1 aliphatic rings. The molecule has 16 heavy (non-hydrogen) atoms. The van der Waals surface area contributed by atoms with Crippen LogP contribution in [0.5, 0.6) is 0 Å². The lowest BCUT2D eigenvalue weighted by Gasteiger charge is -2.05. The molecule has 0 amide bonds. The molecule has 0 aliphatic carbocycles. The molecule has 0 unspecified atom stereocenters. The summed E-state index contributed by atoms with van der Waals surface area (Å²) < 4.78 is 5.52. The van der Waals surface area contributed by atoms with E-state index in [0.29, 0.717) is 6.61 Å². The van der Waals surface area contributed by atoms with Crippen LogP contribution in [0.1, 0.15) is 5.56 Å². The minimum atomic E-state index is 0.582. The smallest absolute Gasteiger partial charge is 0.115 e. The van der Waals surface area contributed by atoms with Crippen LogP contribution in [0.25, 0.3) is 10.9 Å². The van der Waals surface area contributed by atoms with Crippen LogP contribution in [-0.2, 0) is 11.3 Å². The van der Waals surface area contributed by atoms with Crippen molar-refractivity contribution in [3.63, 3.8) is 0 Å². The minimum absolute atomic E-state index is 0.582. The van der Waals surface area contributed by atoms with Gasteiger partial charge in [-0.2, -0.15) is 0 Å². The average molecular weight is 229 g/mol. The topological polar surface area (TPSA) is 22.1 Å². The Morgan fingerprint density at radius 1 is 1.31 bits per heavy atom. The van der Waals surface area contributed by atoms with E-state index in [0.717, 1.165) is 33.0 Å². The van der Waals surface area contributed by atoms with Crippen molar-refractivity contribution in [3.05, 3.63) is 48.2 Å². The Labute approximate surface area is 98.3 Å². The van der Waals surface area contributed by atoms with Crippen molar-refractivity contribution in [1.82, 2.24) is 4.98 Å². The van der Waals surface area contributed by atoms with Gasteiger partial charge in [0.2, 0.25) is 0 Å². The van der Waals surface area contributed by atoms with Gasteiger partial charge in [-0.05, 0) is 12.1 Å². The van der Waals surface area contributed by atoms with Crippen LogP contribution in [0, 0.1) is 0 Å². The summed E-state index contributed by atoms with van der Waals surface area (Å²) >= 11 is 1.70. The fourth-order valence-corrected chi connectivity index (χ4v) is 2.59. The van der Waals surface area contributed by atoms with Gasteiger partial charge in [-0.3, -0.25) is 0 Å². The van der Waals surface area contributed by atoms with E-state index in [9.17, 15) is 0 Å². The van der Waals surface area contributed by atoms with Crippen LogP contribution in [0.15, 0.2) is 47.7 Å². The number of thioether (sulfide) groups is 1. The van der Waals surface area contributed by atoms with Crippen LogP contribution < -0.4 is 0 Å². The molecule has 3 rings (SSSR count). The summed E-state index contributed by atoms with van der Waals surface area (Å²) in [6.45, 7) is 4.44. The molecule has 0 N–H and O–H groups in total. The maximum Gasteiger partial charge on any atom is 0.115 e. The predicted octanol–water partition coefficient (Wildman–Crippen LogP) is 3.37.